The number of hydrogen-bond acceptors (Lipinski definition) is 8. The van der Waals surface area contributed by atoms with E-state index in [-0.39, 0.29) is 55.1 Å². The Bertz CT molecular complexity index is 1390. The van der Waals surface area contributed by atoms with Gasteiger partial charge in [0.05, 0.1) is 24.9 Å². The number of aliphatic hydroxyl groups is 1. The Kier molecular flexibility index (Phi) is 12.3. The van der Waals surface area contributed by atoms with E-state index in [1.807, 2.05) is 63.2 Å². The van der Waals surface area contributed by atoms with Crippen molar-refractivity contribution in [3.05, 3.63) is 65.2 Å². The number of anilines is 1. The number of benzene rings is 2. The van der Waals surface area contributed by atoms with E-state index in [9.17, 15) is 19.5 Å². The van der Waals surface area contributed by atoms with Gasteiger partial charge in [-0.1, -0.05) is 49.2 Å². The summed E-state index contributed by atoms with van der Waals surface area (Å²) >= 11 is 0. The first-order valence-corrected chi connectivity index (χ1v) is 17.4. The first kappa shape index (κ1) is 35.9. The van der Waals surface area contributed by atoms with Crippen molar-refractivity contribution in [1.82, 2.24) is 15.7 Å². The van der Waals surface area contributed by atoms with Crippen LogP contribution in [-0.4, -0.2) is 63.2 Å². The topological polar surface area (TPSA) is 149 Å². The molecule has 0 aromatic heterocycles. The number of piperidine rings is 1. The molecule has 6 unspecified atom stereocenters. The van der Waals surface area contributed by atoms with Gasteiger partial charge in [-0.3, -0.25) is 24.5 Å². The third-order valence-electron chi connectivity index (χ3n) is 9.71. The molecule has 1 aliphatic carbocycles. The second kappa shape index (κ2) is 16.4. The zero-order valence-electron chi connectivity index (χ0n) is 28.5. The van der Waals surface area contributed by atoms with Crippen molar-refractivity contribution in [2.24, 2.45) is 5.92 Å². The minimum absolute atomic E-state index is 0.0388. The molecule has 262 valence electrons. The third-order valence-corrected chi connectivity index (χ3v) is 9.71. The average molecular weight is 665 g/mol. The van der Waals surface area contributed by atoms with Gasteiger partial charge >= 0.3 is 0 Å². The monoisotopic (exact) mass is 664 g/mol. The molecule has 2 saturated heterocycles. The Balaban J connectivity index is 1.37. The van der Waals surface area contributed by atoms with Crippen LogP contribution >= 0.6 is 0 Å². The molecule has 5 rings (SSSR count). The summed E-state index contributed by atoms with van der Waals surface area (Å²) in [5, 5.41) is 24.4. The quantitative estimate of drug-likeness (QED) is 0.161. The van der Waals surface area contributed by atoms with Gasteiger partial charge in [-0.05, 0) is 82.1 Å². The summed E-state index contributed by atoms with van der Waals surface area (Å²) in [4.78, 5) is 40.0. The Morgan fingerprint density at radius 2 is 1.67 bits per heavy atom. The van der Waals surface area contributed by atoms with E-state index in [4.69, 9.17) is 14.7 Å². The molecule has 5 N–H and O–H groups in total. The molecule has 0 radical (unpaired) electrons. The number of fused-ring (bicyclic) bond motifs is 1. The summed E-state index contributed by atoms with van der Waals surface area (Å²) in [7, 11) is 0. The van der Waals surface area contributed by atoms with Crippen LogP contribution in [0, 0.1) is 5.92 Å². The molecule has 11 heteroatoms. The van der Waals surface area contributed by atoms with Crippen molar-refractivity contribution in [3.8, 4) is 0 Å². The molecule has 0 spiro atoms. The Morgan fingerprint density at radius 3 is 2.40 bits per heavy atom. The first-order valence-electron chi connectivity index (χ1n) is 17.4. The Morgan fingerprint density at radius 1 is 0.917 bits per heavy atom. The van der Waals surface area contributed by atoms with Crippen LogP contribution in [0.15, 0.2) is 48.5 Å². The molecule has 2 aromatic carbocycles. The second-order valence-corrected chi connectivity index (χ2v) is 14.6. The maximum absolute atomic E-state index is 13.7. The predicted molar refractivity (Wildman–Crippen MR) is 181 cm³/mol. The number of nitrogens with zero attached hydrogens (tertiary/aromatic N) is 1. The summed E-state index contributed by atoms with van der Waals surface area (Å²) in [6, 6.07) is 15.3. The molecule has 3 aliphatic rings. The fourth-order valence-electron chi connectivity index (χ4n) is 7.45. The third kappa shape index (κ3) is 9.63. The lowest BCUT2D eigenvalue weighted by Gasteiger charge is -2.50. The number of amides is 3. The normalized spacial score (nSPS) is 26.3. The zero-order chi connectivity index (χ0) is 34.3. The first-order chi connectivity index (χ1) is 23.0. The van der Waals surface area contributed by atoms with Crippen LogP contribution in [-0.2, 0) is 30.5 Å². The standard InChI is InChI=1S/C37H52N4O7/c1-37(2,3)39-35(45)31-19-18-25-8-4-5-11-30(25)41(31)22-29-21-32(26-16-14-24(23-42)15-17-26)48-36(47-29)27-9-6-10-28(20-27)38-33(43)12-7-13-34(44)40-46/h6,9-10,14-17,20,25,29-32,36,42,46H,4-5,7-8,11-13,18-19,21-23H2,1-3H3,(H,38,43)(H,39,45)(H,40,44). The molecule has 48 heavy (non-hydrogen) atoms. The summed E-state index contributed by atoms with van der Waals surface area (Å²) in [6.45, 7) is 6.63. The van der Waals surface area contributed by atoms with Crippen molar-refractivity contribution >= 4 is 23.4 Å². The van der Waals surface area contributed by atoms with E-state index < -0.39 is 12.2 Å². The number of aliphatic hydroxyl groups excluding tert-OH is 1. The molecule has 3 fully saturated rings. The highest BCUT2D eigenvalue weighted by Crippen LogP contribution is 2.42. The van der Waals surface area contributed by atoms with Gasteiger partial charge < -0.3 is 25.2 Å². The van der Waals surface area contributed by atoms with Gasteiger partial charge in [-0.15, -0.1) is 0 Å². The van der Waals surface area contributed by atoms with Gasteiger partial charge in [0.25, 0.3) is 0 Å². The maximum atomic E-state index is 13.7. The Labute approximate surface area is 283 Å². The lowest BCUT2D eigenvalue weighted by molar-refractivity contribution is -0.255. The van der Waals surface area contributed by atoms with Crippen molar-refractivity contribution in [3.63, 3.8) is 0 Å². The smallest absolute Gasteiger partial charge is 0.243 e. The summed E-state index contributed by atoms with van der Waals surface area (Å²) in [5.74, 6) is -0.119. The Hall–Kier alpha value is -3.35. The predicted octanol–water partition coefficient (Wildman–Crippen LogP) is 5.28. The number of likely N-dealkylation sites (tertiary alicyclic amines) is 1. The van der Waals surface area contributed by atoms with Crippen LogP contribution in [0.2, 0.25) is 0 Å². The number of carbonyl (C=O) groups excluding carboxylic acids is 3. The number of hydroxylamine groups is 1. The molecule has 2 aliphatic heterocycles. The zero-order valence-corrected chi connectivity index (χ0v) is 28.5. The fourth-order valence-corrected chi connectivity index (χ4v) is 7.45. The minimum Gasteiger partial charge on any atom is -0.392 e. The van der Waals surface area contributed by atoms with Crippen LogP contribution in [0.25, 0.3) is 0 Å². The van der Waals surface area contributed by atoms with Gasteiger partial charge in [0.1, 0.15) is 0 Å². The van der Waals surface area contributed by atoms with E-state index in [2.05, 4.69) is 15.5 Å². The SMILES string of the molecule is CC(C)(C)NC(=O)C1CCC2CCCCC2N1CC1CC(c2ccc(CO)cc2)OC(c2cccc(NC(=O)CCCC(=O)NO)c2)O1. The van der Waals surface area contributed by atoms with Crippen LogP contribution in [0.5, 0.6) is 0 Å². The number of carbonyl (C=O) groups is 3. The van der Waals surface area contributed by atoms with Crippen molar-refractivity contribution < 1.29 is 34.2 Å². The van der Waals surface area contributed by atoms with E-state index in [0.29, 0.717) is 37.0 Å². The maximum Gasteiger partial charge on any atom is 0.243 e. The van der Waals surface area contributed by atoms with E-state index in [0.717, 1.165) is 42.4 Å². The van der Waals surface area contributed by atoms with Crippen molar-refractivity contribution in [2.75, 3.05) is 11.9 Å². The van der Waals surface area contributed by atoms with Crippen molar-refractivity contribution in [1.29, 1.82) is 0 Å². The molecular formula is C37H52N4O7. The molecule has 3 amide bonds. The van der Waals surface area contributed by atoms with Gasteiger partial charge in [-0.2, -0.15) is 0 Å². The second-order valence-electron chi connectivity index (χ2n) is 14.6. The van der Waals surface area contributed by atoms with Crippen LogP contribution in [0.1, 0.15) is 114 Å². The van der Waals surface area contributed by atoms with Crippen LogP contribution in [0.3, 0.4) is 0 Å². The number of nitrogens with one attached hydrogen (secondary N) is 3. The largest absolute Gasteiger partial charge is 0.392 e. The molecule has 2 heterocycles. The molecule has 6 atom stereocenters. The molecule has 0 bridgehead atoms. The van der Waals surface area contributed by atoms with Crippen LogP contribution in [0.4, 0.5) is 5.69 Å². The lowest BCUT2D eigenvalue weighted by Crippen LogP contribution is -2.61. The number of ether oxygens (including phenoxy) is 2. The summed E-state index contributed by atoms with van der Waals surface area (Å²) < 4.78 is 13.3. The molecule has 1 saturated carbocycles. The average Bonchev–Trinajstić information content (AvgIpc) is 3.07. The van der Waals surface area contributed by atoms with Gasteiger partial charge in [-0.25, -0.2) is 5.48 Å². The van der Waals surface area contributed by atoms with Gasteiger partial charge in [0.2, 0.25) is 17.7 Å². The molecule has 11 nitrogen and oxygen atoms in total. The molecular weight excluding hydrogens is 612 g/mol. The summed E-state index contributed by atoms with van der Waals surface area (Å²) in [6.07, 6.45) is 6.42. The van der Waals surface area contributed by atoms with Gasteiger partial charge in [0, 0.05) is 48.6 Å². The summed E-state index contributed by atoms with van der Waals surface area (Å²) in [5.41, 5.74) is 4.40. The number of rotatable bonds is 11. The van der Waals surface area contributed by atoms with Crippen LogP contribution < -0.4 is 16.1 Å². The van der Waals surface area contributed by atoms with E-state index in [1.54, 1.807) is 11.5 Å². The lowest BCUT2D eigenvalue weighted by atomic mass is 9.75. The highest BCUT2D eigenvalue weighted by Gasteiger charge is 2.44. The highest BCUT2D eigenvalue weighted by molar-refractivity contribution is 5.91. The highest BCUT2D eigenvalue weighted by atomic mass is 16.7. The number of hydrogen-bond donors (Lipinski definition) is 5. The molecule has 2 aromatic rings. The van der Waals surface area contributed by atoms with Crippen molar-refractivity contribution in [2.45, 2.75) is 128 Å². The minimum atomic E-state index is -0.717. The van der Waals surface area contributed by atoms with Gasteiger partial charge in [0.15, 0.2) is 6.29 Å². The fraction of sp³-hybridized carbons (Fsp3) is 0.595. The van der Waals surface area contributed by atoms with E-state index in [1.165, 1.54) is 12.8 Å². The van der Waals surface area contributed by atoms with E-state index >= 15 is 0 Å².